The Morgan fingerprint density at radius 2 is 2.13 bits per heavy atom. The van der Waals surface area contributed by atoms with Crippen LogP contribution >= 0.6 is 11.3 Å². The van der Waals surface area contributed by atoms with Crippen LogP contribution in [-0.2, 0) is 18.3 Å². The van der Waals surface area contributed by atoms with Gasteiger partial charge in [0.15, 0.2) is 5.82 Å². The minimum atomic E-state index is -0.968. The Morgan fingerprint density at radius 3 is 2.78 bits per heavy atom. The van der Waals surface area contributed by atoms with Crippen LogP contribution in [0.3, 0.4) is 0 Å². The highest BCUT2D eigenvalue weighted by molar-refractivity contribution is 7.13. The van der Waals surface area contributed by atoms with Crippen molar-refractivity contribution in [3.8, 4) is 11.4 Å². The van der Waals surface area contributed by atoms with Gasteiger partial charge in [0.25, 0.3) is 0 Å². The van der Waals surface area contributed by atoms with Crippen LogP contribution in [0, 0.1) is 0 Å². The zero-order chi connectivity index (χ0) is 16.2. The van der Waals surface area contributed by atoms with Crippen molar-refractivity contribution in [1.29, 1.82) is 0 Å². The highest BCUT2D eigenvalue weighted by atomic mass is 32.1. The Hall–Kier alpha value is -2.80. The molecule has 3 aromatic rings. The molecule has 0 spiro atoms. The number of carbonyl (C=O) groups is 1. The summed E-state index contributed by atoms with van der Waals surface area (Å²) in [6.45, 7) is 0. The predicted molar refractivity (Wildman–Crippen MR) is 88.0 cm³/mol. The lowest BCUT2D eigenvalue weighted by Gasteiger charge is -2.02. The quantitative estimate of drug-likeness (QED) is 0.729. The van der Waals surface area contributed by atoms with E-state index in [1.54, 1.807) is 29.1 Å². The third-order valence-electron chi connectivity index (χ3n) is 3.29. The fourth-order valence-electron chi connectivity index (χ4n) is 2.24. The van der Waals surface area contributed by atoms with Gasteiger partial charge in [0.2, 0.25) is 0 Å². The molecule has 0 amide bonds. The molecule has 0 saturated heterocycles. The lowest BCUT2D eigenvalue weighted by atomic mass is 10.1. The minimum absolute atomic E-state index is 0.669. The molecule has 0 fully saturated rings. The average molecular weight is 326 g/mol. The van der Waals surface area contributed by atoms with Crippen LogP contribution in [-0.4, -0.2) is 31.3 Å². The van der Waals surface area contributed by atoms with Gasteiger partial charge in [0, 0.05) is 34.9 Å². The molecule has 2 heterocycles. The number of carboxylic acid groups (broad SMARTS) is 1. The number of aliphatic carboxylic acids is 1. The molecular formula is C16H14N4O2S. The maximum absolute atomic E-state index is 10.7. The molecule has 0 atom stereocenters. The SMILES string of the molecule is Cn1nnnc1-c1cc(C=CC(=O)O)sc1Cc1ccccc1. The van der Waals surface area contributed by atoms with Gasteiger partial charge < -0.3 is 5.11 Å². The zero-order valence-corrected chi connectivity index (χ0v) is 13.2. The highest BCUT2D eigenvalue weighted by Gasteiger charge is 2.15. The van der Waals surface area contributed by atoms with Gasteiger partial charge in [-0.05, 0) is 28.1 Å². The summed E-state index contributed by atoms with van der Waals surface area (Å²) in [6, 6.07) is 12.0. The molecule has 0 radical (unpaired) electrons. The first-order valence-electron chi connectivity index (χ1n) is 6.94. The molecular weight excluding hydrogens is 312 g/mol. The zero-order valence-electron chi connectivity index (χ0n) is 12.4. The number of tetrazole rings is 1. The number of thiophene rings is 1. The number of carboxylic acids is 1. The van der Waals surface area contributed by atoms with Gasteiger partial charge in [0.1, 0.15) is 0 Å². The number of benzene rings is 1. The van der Waals surface area contributed by atoms with E-state index in [4.69, 9.17) is 5.11 Å². The normalized spacial score (nSPS) is 11.2. The number of nitrogens with zero attached hydrogens (tertiary/aromatic N) is 4. The number of hydrogen-bond acceptors (Lipinski definition) is 5. The van der Waals surface area contributed by atoms with E-state index in [9.17, 15) is 4.79 Å². The summed E-state index contributed by atoms with van der Waals surface area (Å²) in [5, 5.41) is 20.4. The van der Waals surface area contributed by atoms with Crippen molar-refractivity contribution in [1.82, 2.24) is 20.2 Å². The second kappa shape index (κ2) is 6.53. The third-order valence-corrected chi connectivity index (χ3v) is 4.39. The van der Waals surface area contributed by atoms with Crippen molar-refractivity contribution in [2.45, 2.75) is 6.42 Å². The minimum Gasteiger partial charge on any atom is -0.478 e. The van der Waals surface area contributed by atoms with Crippen LogP contribution in [0.1, 0.15) is 15.3 Å². The van der Waals surface area contributed by atoms with Gasteiger partial charge in [-0.1, -0.05) is 30.3 Å². The largest absolute Gasteiger partial charge is 0.478 e. The van der Waals surface area contributed by atoms with Crippen molar-refractivity contribution in [2.24, 2.45) is 7.05 Å². The lowest BCUT2D eigenvalue weighted by molar-refractivity contribution is -0.131. The topological polar surface area (TPSA) is 80.9 Å². The standard InChI is InChI=1S/C16H14N4O2S/c1-20-16(17-18-19-20)13-10-12(7-8-15(21)22)23-14(13)9-11-5-3-2-4-6-11/h2-8,10H,9H2,1H3,(H,21,22). The smallest absolute Gasteiger partial charge is 0.328 e. The highest BCUT2D eigenvalue weighted by Crippen LogP contribution is 2.32. The molecule has 6 nitrogen and oxygen atoms in total. The summed E-state index contributed by atoms with van der Waals surface area (Å²) in [5.41, 5.74) is 2.11. The Balaban J connectivity index is 2.02. The van der Waals surface area contributed by atoms with Gasteiger partial charge in [-0.3, -0.25) is 0 Å². The Labute approximate surface area is 136 Å². The molecule has 23 heavy (non-hydrogen) atoms. The van der Waals surface area contributed by atoms with E-state index in [1.807, 2.05) is 24.3 Å². The Morgan fingerprint density at radius 1 is 1.35 bits per heavy atom. The van der Waals surface area contributed by atoms with Crippen LogP contribution in [0.5, 0.6) is 0 Å². The van der Waals surface area contributed by atoms with Crippen molar-refractivity contribution >= 4 is 23.4 Å². The van der Waals surface area contributed by atoms with Gasteiger partial charge in [-0.2, -0.15) is 0 Å². The van der Waals surface area contributed by atoms with E-state index in [2.05, 4.69) is 27.7 Å². The summed E-state index contributed by atoms with van der Waals surface area (Å²) in [4.78, 5) is 12.7. The molecule has 0 unspecified atom stereocenters. The molecule has 0 bridgehead atoms. The Bertz CT molecular complexity index is 852. The molecule has 0 saturated carbocycles. The second-order valence-electron chi connectivity index (χ2n) is 4.95. The molecule has 2 aromatic heterocycles. The molecule has 0 aliphatic heterocycles. The van der Waals surface area contributed by atoms with Crippen LogP contribution in [0.2, 0.25) is 0 Å². The summed E-state index contributed by atoms with van der Waals surface area (Å²) >= 11 is 1.54. The van der Waals surface area contributed by atoms with Crippen molar-refractivity contribution in [3.05, 3.63) is 57.8 Å². The first-order valence-corrected chi connectivity index (χ1v) is 7.75. The molecule has 0 aliphatic carbocycles. The maximum Gasteiger partial charge on any atom is 0.328 e. The van der Waals surface area contributed by atoms with Crippen LogP contribution in [0.4, 0.5) is 0 Å². The third kappa shape index (κ3) is 3.51. The predicted octanol–water partition coefficient (Wildman–Crippen LogP) is 2.63. The van der Waals surface area contributed by atoms with Crippen LogP contribution in [0.15, 0.2) is 42.5 Å². The summed E-state index contributed by atoms with van der Waals surface area (Å²) in [5.74, 6) is -0.299. The first-order chi connectivity index (χ1) is 11.1. The monoisotopic (exact) mass is 326 g/mol. The first kappa shape index (κ1) is 15.1. The van der Waals surface area contributed by atoms with Crippen LogP contribution < -0.4 is 0 Å². The van der Waals surface area contributed by atoms with Crippen molar-refractivity contribution in [3.63, 3.8) is 0 Å². The van der Waals surface area contributed by atoms with Crippen molar-refractivity contribution < 1.29 is 9.90 Å². The summed E-state index contributed by atoms with van der Waals surface area (Å²) in [7, 11) is 1.78. The van der Waals surface area contributed by atoms with Gasteiger partial charge in [0.05, 0.1) is 0 Å². The molecule has 116 valence electrons. The molecule has 1 N–H and O–H groups in total. The maximum atomic E-state index is 10.7. The van der Waals surface area contributed by atoms with Gasteiger partial charge >= 0.3 is 5.97 Å². The van der Waals surface area contributed by atoms with E-state index in [1.165, 1.54) is 5.56 Å². The number of rotatable bonds is 5. The number of aromatic nitrogens is 4. The van der Waals surface area contributed by atoms with Gasteiger partial charge in [-0.25, -0.2) is 9.48 Å². The fourth-order valence-corrected chi connectivity index (χ4v) is 3.34. The molecule has 7 heteroatoms. The van der Waals surface area contributed by atoms with E-state index < -0.39 is 5.97 Å². The van der Waals surface area contributed by atoms with Crippen molar-refractivity contribution in [2.75, 3.05) is 0 Å². The number of aryl methyl sites for hydroxylation is 1. The number of hydrogen-bond donors (Lipinski definition) is 1. The average Bonchev–Trinajstić information content (AvgIpc) is 3.12. The second-order valence-corrected chi connectivity index (χ2v) is 6.11. The van der Waals surface area contributed by atoms with Crippen LogP contribution in [0.25, 0.3) is 17.5 Å². The molecule has 3 rings (SSSR count). The van der Waals surface area contributed by atoms with Gasteiger partial charge in [-0.15, -0.1) is 16.4 Å². The lowest BCUT2D eigenvalue weighted by Crippen LogP contribution is -1.96. The van der Waals surface area contributed by atoms with E-state index in [0.29, 0.717) is 5.82 Å². The fraction of sp³-hybridized carbons (Fsp3) is 0.125. The van der Waals surface area contributed by atoms with E-state index in [0.717, 1.165) is 27.8 Å². The Kier molecular flexibility index (Phi) is 4.29. The van der Waals surface area contributed by atoms with E-state index in [-0.39, 0.29) is 0 Å². The molecule has 1 aromatic carbocycles. The summed E-state index contributed by atoms with van der Waals surface area (Å²) < 4.78 is 1.61. The molecule has 0 aliphatic rings. The summed E-state index contributed by atoms with van der Waals surface area (Å²) in [6.07, 6.45) is 3.47. The van der Waals surface area contributed by atoms with E-state index >= 15 is 0 Å².